The van der Waals surface area contributed by atoms with Crippen molar-refractivity contribution in [2.75, 3.05) is 6.61 Å². The summed E-state index contributed by atoms with van der Waals surface area (Å²) in [6, 6.07) is -0.640. The summed E-state index contributed by atoms with van der Waals surface area (Å²) < 4.78 is 0. The fraction of sp³-hybridized carbons (Fsp3) is 0.836. The van der Waals surface area contributed by atoms with E-state index in [-0.39, 0.29) is 12.5 Å². The molecule has 0 bridgehead atoms. The third-order valence-electron chi connectivity index (χ3n) is 12.0. The van der Waals surface area contributed by atoms with Gasteiger partial charge in [-0.05, 0) is 64.2 Å². The second-order valence-corrected chi connectivity index (χ2v) is 17.9. The van der Waals surface area contributed by atoms with Crippen LogP contribution in [-0.2, 0) is 4.79 Å². The number of allylic oxidation sites excluding steroid dienone is 7. The van der Waals surface area contributed by atoms with Crippen LogP contribution in [0, 0.1) is 0 Å². The Hall–Kier alpha value is -1.65. The minimum absolute atomic E-state index is 0.0730. The average molecular weight is 826 g/mol. The number of aliphatic hydroxyl groups is 2. The van der Waals surface area contributed by atoms with Crippen LogP contribution in [0.25, 0.3) is 0 Å². The van der Waals surface area contributed by atoms with Crippen LogP contribution in [0.2, 0.25) is 0 Å². The summed E-state index contributed by atoms with van der Waals surface area (Å²) >= 11 is 0. The predicted octanol–water partition coefficient (Wildman–Crippen LogP) is 17.1. The minimum atomic E-state index is -0.863. The summed E-state index contributed by atoms with van der Waals surface area (Å²) in [5, 5.41) is 23.1. The van der Waals surface area contributed by atoms with E-state index in [1.165, 1.54) is 218 Å². The first-order valence-electron chi connectivity index (χ1n) is 26.4. The maximum absolute atomic E-state index is 12.4. The Morgan fingerprint density at radius 3 is 1.08 bits per heavy atom. The smallest absolute Gasteiger partial charge is 0.220 e. The Labute approximate surface area is 369 Å². The number of rotatable bonds is 48. The fourth-order valence-electron chi connectivity index (χ4n) is 7.99. The van der Waals surface area contributed by atoms with Crippen molar-refractivity contribution in [2.45, 2.75) is 289 Å². The molecule has 0 aromatic rings. The molecule has 0 aromatic heterocycles. The number of carbonyl (C=O) groups is 1. The summed E-state index contributed by atoms with van der Waals surface area (Å²) in [7, 11) is 0. The lowest BCUT2D eigenvalue weighted by atomic mass is 10.0. The van der Waals surface area contributed by atoms with Crippen molar-refractivity contribution in [3.8, 4) is 0 Å². The average Bonchev–Trinajstić information content (AvgIpc) is 3.24. The first-order chi connectivity index (χ1) is 29.2. The third kappa shape index (κ3) is 47.3. The number of amides is 1. The zero-order valence-electron chi connectivity index (χ0n) is 39.8. The Morgan fingerprint density at radius 1 is 0.407 bits per heavy atom. The predicted molar refractivity (Wildman–Crippen MR) is 262 cm³/mol. The van der Waals surface area contributed by atoms with Crippen molar-refractivity contribution in [3.63, 3.8) is 0 Å². The number of nitrogens with one attached hydrogen (secondary N) is 1. The highest BCUT2D eigenvalue weighted by Crippen LogP contribution is 2.16. The lowest BCUT2D eigenvalue weighted by Gasteiger charge is -2.19. The van der Waals surface area contributed by atoms with Crippen LogP contribution in [0.1, 0.15) is 277 Å². The van der Waals surface area contributed by atoms with Crippen LogP contribution in [0.4, 0.5) is 0 Å². The number of aliphatic hydroxyl groups excluding tert-OH is 2. The number of hydrogen-bond acceptors (Lipinski definition) is 3. The molecule has 4 nitrogen and oxygen atoms in total. The molecule has 0 spiro atoms. The molecule has 0 saturated heterocycles. The zero-order chi connectivity index (χ0) is 42.8. The van der Waals surface area contributed by atoms with Crippen LogP contribution in [0.5, 0.6) is 0 Å². The third-order valence-corrected chi connectivity index (χ3v) is 12.0. The van der Waals surface area contributed by atoms with Crippen LogP contribution in [0.3, 0.4) is 0 Å². The molecule has 2 atom stereocenters. The van der Waals surface area contributed by atoms with Gasteiger partial charge in [-0.15, -0.1) is 0 Å². The van der Waals surface area contributed by atoms with Crippen LogP contribution >= 0.6 is 0 Å². The molecule has 0 aliphatic rings. The highest BCUT2D eigenvalue weighted by Gasteiger charge is 2.17. The standard InChI is InChI=1S/C55H103NO3/c1-3-5-7-9-11-13-15-17-19-21-23-24-25-26-27-28-29-30-31-32-33-35-37-39-41-43-45-47-49-51-55(59)56-53(52-57)54(58)50-48-46-44-42-40-38-36-34-22-20-18-16-14-12-10-8-6-4-2/h23-24,26-27,40,42,48,50,53-54,57-58H,3-22,25,28-39,41,43-47,49,51-52H2,1-2H3,(H,56,59)/b24-23-,27-26-,42-40+,50-48+. The van der Waals surface area contributed by atoms with Crippen molar-refractivity contribution in [3.05, 3.63) is 48.6 Å². The molecule has 0 heterocycles. The van der Waals surface area contributed by atoms with E-state index in [1.807, 2.05) is 6.08 Å². The maximum atomic E-state index is 12.4. The molecule has 0 fully saturated rings. The number of carbonyl (C=O) groups excluding carboxylic acids is 1. The van der Waals surface area contributed by atoms with E-state index in [1.54, 1.807) is 6.08 Å². The second kappa shape index (κ2) is 50.7. The summed E-state index contributed by atoms with van der Waals surface area (Å²) in [6.07, 6.45) is 69.7. The highest BCUT2D eigenvalue weighted by molar-refractivity contribution is 5.76. The Kier molecular flexibility index (Phi) is 49.3. The zero-order valence-corrected chi connectivity index (χ0v) is 39.8. The van der Waals surface area contributed by atoms with Crippen molar-refractivity contribution in [2.24, 2.45) is 0 Å². The van der Waals surface area contributed by atoms with Gasteiger partial charge in [-0.25, -0.2) is 0 Å². The van der Waals surface area contributed by atoms with Gasteiger partial charge in [0.15, 0.2) is 0 Å². The van der Waals surface area contributed by atoms with E-state index in [2.05, 4.69) is 55.6 Å². The van der Waals surface area contributed by atoms with Gasteiger partial charge in [0.1, 0.15) is 0 Å². The van der Waals surface area contributed by atoms with Gasteiger partial charge in [-0.2, -0.15) is 0 Å². The second-order valence-electron chi connectivity index (χ2n) is 17.9. The van der Waals surface area contributed by atoms with Gasteiger partial charge in [-0.3, -0.25) is 4.79 Å². The summed E-state index contributed by atoms with van der Waals surface area (Å²) in [5.41, 5.74) is 0. The van der Waals surface area contributed by atoms with E-state index in [0.717, 1.165) is 38.5 Å². The molecule has 0 saturated carbocycles. The van der Waals surface area contributed by atoms with Crippen molar-refractivity contribution in [1.29, 1.82) is 0 Å². The van der Waals surface area contributed by atoms with Gasteiger partial charge < -0.3 is 15.5 Å². The summed E-state index contributed by atoms with van der Waals surface area (Å²) in [6.45, 7) is 4.31. The van der Waals surface area contributed by atoms with Crippen LogP contribution < -0.4 is 5.32 Å². The van der Waals surface area contributed by atoms with Crippen molar-refractivity contribution in [1.82, 2.24) is 5.32 Å². The Balaban J connectivity index is 3.53. The molecule has 2 unspecified atom stereocenters. The number of hydrogen-bond donors (Lipinski definition) is 3. The van der Waals surface area contributed by atoms with Gasteiger partial charge in [0, 0.05) is 6.42 Å². The molecule has 0 rings (SSSR count). The number of unbranched alkanes of at least 4 members (excludes halogenated alkanes) is 35. The van der Waals surface area contributed by atoms with Crippen molar-refractivity contribution < 1.29 is 15.0 Å². The minimum Gasteiger partial charge on any atom is -0.394 e. The lowest BCUT2D eigenvalue weighted by molar-refractivity contribution is -0.123. The quantitative estimate of drug-likeness (QED) is 0.0423. The monoisotopic (exact) mass is 826 g/mol. The molecule has 0 aromatic carbocycles. The molecule has 1 amide bonds. The fourth-order valence-corrected chi connectivity index (χ4v) is 7.99. The van der Waals surface area contributed by atoms with Gasteiger partial charge in [0.2, 0.25) is 5.91 Å². The highest BCUT2D eigenvalue weighted by atomic mass is 16.3. The summed E-state index contributed by atoms with van der Waals surface area (Å²) in [5.74, 6) is -0.0730. The van der Waals surface area contributed by atoms with E-state index < -0.39 is 12.1 Å². The van der Waals surface area contributed by atoms with Gasteiger partial charge >= 0.3 is 0 Å². The van der Waals surface area contributed by atoms with Crippen molar-refractivity contribution >= 4 is 5.91 Å². The van der Waals surface area contributed by atoms with Crippen LogP contribution in [0.15, 0.2) is 48.6 Å². The molecular weight excluding hydrogens is 723 g/mol. The Bertz CT molecular complexity index is 939. The molecule has 59 heavy (non-hydrogen) atoms. The molecule has 346 valence electrons. The van der Waals surface area contributed by atoms with E-state index in [9.17, 15) is 15.0 Å². The maximum Gasteiger partial charge on any atom is 0.220 e. The SMILES string of the molecule is CCCCCCCCCCC/C=C\C/C=C\CCCCCCCCCCCCCCCC(=O)NC(CO)C(O)/C=C/CC/C=C/CCCCCCCCCCCCCC. The Morgan fingerprint density at radius 2 is 0.712 bits per heavy atom. The first kappa shape index (κ1) is 57.3. The summed E-state index contributed by atoms with van der Waals surface area (Å²) in [4.78, 5) is 12.4. The van der Waals surface area contributed by atoms with Crippen LogP contribution in [-0.4, -0.2) is 34.9 Å². The van der Waals surface area contributed by atoms with Gasteiger partial charge in [0.25, 0.3) is 0 Å². The molecular formula is C55H103NO3. The van der Waals surface area contributed by atoms with Gasteiger partial charge in [-0.1, -0.05) is 255 Å². The normalized spacial score (nSPS) is 13.2. The lowest BCUT2D eigenvalue weighted by Crippen LogP contribution is -2.45. The van der Waals surface area contributed by atoms with E-state index in [0.29, 0.717) is 6.42 Å². The van der Waals surface area contributed by atoms with E-state index in [4.69, 9.17) is 0 Å². The first-order valence-corrected chi connectivity index (χ1v) is 26.4. The molecule has 0 radical (unpaired) electrons. The molecule has 3 N–H and O–H groups in total. The largest absolute Gasteiger partial charge is 0.394 e. The molecule has 4 heteroatoms. The topological polar surface area (TPSA) is 69.6 Å². The molecule has 0 aliphatic carbocycles. The van der Waals surface area contributed by atoms with E-state index >= 15 is 0 Å². The van der Waals surface area contributed by atoms with Gasteiger partial charge in [0.05, 0.1) is 18.8 Å². The molecule has 0 aliphatic heterocycles.